The molecule has 0 aliphatic heterocycles. The molecule has 0 N–H and O–H groups in total. The summed E-state index contributed by atoms with van der Waals surface area (Å²) in [4.78, 5) is 1.53. The summed E-state index contributed by atoms with van der Waals surface area (Å²) in [5, 5.41) is 4.33. The van der Waals surface area contributed by atoms with Gasteiger partial charge < -0.3 is 0 Å². The van der Waals surface area contributed by atoms with Crippen molar-refractivity contribution in [1.82, 2.24) is 0 Å². The molecule has 0 nitrogen and oxygen atoms in total. The molecule has 0 fully saturated rings. The zero-order valence-electron chi connectivity index (χ0n) is 25.9. The Hall–Kier alpha value is -3.55. The first kappa shape index (κ1) is 27.6. The predicted octanol–water partition coefficient (Wildman–Crippen LogP) is 8.19. The molecule has 4 aromatic rings. The van der Waals surface area contributed by atoms with Crippen molar-refractivity contribution in [2.75, 3.05) is 0 Å². The molecule has 6 rings (SSSR count). The third-order valence-electron chi connectivity index (χ3n) is 8.60. The van der Waals surface area contributed by atoms with Gasteiger partial charge in [-0.2, -0.15) is 0 Å². The van der Waals surface area contributed by atoms with Gasteiger partial charge in [-0.15, -0.1) is 0 Å². The Kier molecular flexibility index (Phi) is 6.78. The fourth-order valence-corrected chi connectivity index (χ4v) is 9.91. The molecule has 206 valence electrons. The predicted molar refractivity (Wildman–Crippen MR) is 180 cm³/mol. The fourth-order valence-electron chi connectivity index (χ4n) is 6.64. The smallest absolute Gasteiger partial charge is 0.0801 e. The topological polar surface area (TPSA) is 0 Å². The number of rotatable bonds is 3. The highest BCUT2D eigenvalue weighted by Gasteiger charge is 2.29. The molecular formula is C40H42Si. The van der Waals surface area contributed by atoms with E-state index in [9.17, 15) is 0 Å². The number of aryl methyl sites for hydroxylation is 2. The molecule has 0 amide bonds. The van der Waals surface area contributed by atoms with Crippen molar-refractivity contribution in [2.45, 2.75) is 72.6 Å². The lowest BCUT2D eigenvalue weighted by atomic mass is 9.79. The zero-order valence-corrected chi connectivity index (χ0v) is 26.9. The van der Waals surface area contributed by atoms with Gasteiger partial charge in [0.2, 0.25) is 0 Å². The maximum absolute atomic E-state index is 2.60. The molecule has 0 bridgehead atoms. The maximum atomic E-state index is 2.60. The zero-order chi connectivity index (χ0) is 29.1. The van der Waals surface area contributed by atoms with Gasteiger partial charge in [0, 0.05) is 0 Å². The second-order valence-electron chi connectivity index (χ2n) is 14.0. The van der Waals surface area contributed by atoms with Gasteiger partial charge in [0.25, 0.3) is 0 Å². The van der Waals surface area contributed by atoms with Crippen LogP contribution in [0.3, 0.4) is 0 Å². The van der Waals surface area contributed by atoms with Crippen LogP contribution in [0.2, 0.25) is 0 Å². The third-order valence-corrected chi connectivity index (χ3v) is 11.3. The maximum Gasteiger partial charge on any atom is 0.0881 e. The van der Waals surface area contributed by atoms with E-state index >= 15 is 0 Å². The van der Waals surface area contributed by atoms with Gasteiger partial charge >= 0.3 is 0 Å². The number of allylic oxidation sites excluding steroid dienone is 4. The minimum absolute atomic E-state index is 0.0219. The van der Waals surface area contributed by atoms with Crippen molar-refractivity contribution < 1.29 is 0 Å². The van der Waals surface area contributed by atoms with Crippen LogP contribution in [0.1, 0.15) is 81.3 Å². The van der Waals surface area contributed by atoms with E-state index in [0.717, 1.165) is 6.42 Å². The van der Waals surface area contributed by atoms with Crippen LogP contribution >= 0.6 is 0 Å². The number of fused-ring (bicyclic) bond motifs is 3. The molecule has 1 heteroatoms. The summed E-state index contributed by atoms with van der Waals surface area (Å²) in [5.74, 6) is 0. The van der Waals surface area contributed by atoms with E-state index in [4.69, 9.17) is 0 Å². The van der Waals surface area contributed by atoms with Crippen LogP contribution in [0.25, 0.3) is 22.8 Å². The molecule has 0 spiro atoms. The van der Waals surface area contributed by atoms with Gasteiger partial charge in [-0.3, -0.25) is 0 Å². The molecular weight excluding hydrogens is 509 g/mol. The molecule has 0 aromatic heterocycles. The molecule has 0 unspecified atom stereocenters. The van der Waals surface area contributed by atoms with Gasteiger partial charge in [0.05, 0.1) is 8.41 Å². The van der Waals surface area contributed by atoms with E-state index in [2.05, 4.69) is 152 Å². The Bertz CT molecular complexity index is 1830. The second kappa shape index (κ2) is 10.1. The summed E-state index contributed by atoms with van der Waals surface area (Å²) in [6, 6.07) is 28.3. The van der Waals surface area contributed by atoms with E-state index in [0.29, 0.717) is 0 Å². The minimum atomic E-state index is -1.30. The monoisotopic (exact) mass is 550 g/mol. The van der Waals surface area contributed by atoms with E-state index in [1.165, 1.54) is 70.5 Å². The first-order chi connectivity index (χ1) is 19.4. The summed E-state index contributed by atoms with van der Waals surface area (Å²) in [5.41, 5.74) is 12.7. The van der Waals surface area contributed by atoms with Crippen molar-refractivity contribution in [3.05, 3.63) is 134 Å². The Balaban J connectivity index is 1.84. The molecule has 2 aliphatic carbocycles. The first-order valence-electron chi connectivity index (χ1n) is 15.0. The van der Waals surface area contributed by atoms with Crippen LogP contribution < -0.4 is 15.6 Å². The largest absolute Gasteiger partial charge is 0.0881 e. The van der Waals surface area contributed by atoms with Gasteiger partial charge in [-0.05, 0) is 96.5 Å². The van der Waals surface area contributed by atoms with Crippen LogP contribution in [0.15, 0.2) is 91.0 Å². The molecule has 4 aromatic carbocycles. The van der Waals surface area contributed by atoms with Crippen molar-refractivity contribution in [3.8, 4) is 11.1 Å². The number of hydrogen-bond acceptors (Lipinski definition) is 0. The van der Waals surface area contributed by atoms with Crippen molar-refractivity contribution in [2.24, 2.45) is 0 Å². The lowest BCUT2D eigenvalue weighted by Crippen LogP contribution is -2.37. The third kappa shape index (κ3) is 5.06. The van der Waals surface area contributed by atoms with Crippen molar-refractivity contribution in [1.29, 1.82) is 0 Å². The molecule has 0 heterocycles. The van der Waals surface area contributed by atoms with E-state index in [1.54, 1.807) is 0 Å². The van der Waals surface area contributed by atoms with Gasteiger partial charge in [-0.25, -0.2) is 0 Å². The Morgan fingerprint density at radius 1 is 0.683 bits per heavy atom. The lowest BCUT2D eigenvalue weighted by Gasteiger charge is -2.27. The Labute approximate surface area is 248 Å². The highest BCUT2D eigenvalue weighted by molar-refractivity contribution is 6.78. The lowest BCUT2D eigenvalue weighted by molar-refractivity contribution is 0.585. The number of benzene rings is 4. The summed E-state index contributed by atoms with van der Waals surface area (Å²) in [7, 11) is -1.30. The Morgan fingerprint density at radius 2 is 1.34 bits per heavy atom. The molecule has 2 aliphatic rings. The molecule has 0 saturated heterocycles. The van der Waals surface area contributed by atoms with Gasteiger partial charge in [0.15, 0.2) is 0 Å². The minimum Gasteiger partial charge on any atom is -0.0801 e. The van der Waals surface area contributed by atoms with Crippen LogP contribution in [-0.2, 0) is 10.8 Å². The van der Waals surface area contributed by atoms with E-state index in [-0.39, 0.29) is 10.8 Å². The average Bonchev–Trinajstić information content (AvgIpc) is 3.55. The van der Waals surface area contributed by atoms with Crippen LogP contribution in [0, 0.1) is 18.7 Å². The Morgan fingerprint density at radius 3 is 1.88 bits per heavy atom. The fraction of sp³-hybridized carbons (Fsp3) is 0.275. The number of hydrogen-bond donors (Lipinski definition) is 0. The molecule has 0 saturated carbocycles. The normalized spacial score (nSPS) is 14.0. The van der Waals surface area contributed by atoms with Crippen molar-refractivity contribution >= 4 is 30.4 Å². The standard InChI is InChI=1S/C40H42Si/c1-26-13-11-17-31(21-26)41(32-18-12-14-27(2)22-32)36-25-34-33-20-19-30(39(3,4)5)23-29(33)24-35(34)37(28-15-9-10-16-28)38(36)40(6,7)8/h9-15,17-25H,16H2,1-8H3. The van der Waals surface area contributed by atoms with Gasteiger partial charge in [0.1, 0.15) is 0 Å². The average molecular weight is 551 g/mol. The van der Waals surface area contributed by atoms with Gasteiger partial charge in [-0.1, -0.05) is 144 Å². The second-order valence-corrected chi connectivity index (χ2v) is 16.5. The van der Waals surface area contributed by atoms with Crippen LogP contribution in [0.5, 0.6) is 0 Å². The van der Waals surface area contributed by atoms with Crippen molar-refractivity contribution in [3.63, 3.8) is 0 Å². The quantitative estimate of drug-likeness (QED) is 0.199. The summed E-state index contributed by atoms with van der Waals surface area (Å²) in [6.07, 6.45) is 10.4. The SMILES string of the molecule is Cc1cccc([Si](c2cccc(C)c2)=c2cc3c(c(C4=CC=CC4)c2C(C)(C)C)=Cc2cc(C(C)(C)C)ccc2-3)c1. The van der Waals surface area contributed by atoms with E-state index in [1.807, 2.05) is 0 Å². The highest BCUT2D eigenvalue weighted by atomic mass is 28.2. The molecule has 41 heavy (non-hydrogen) atoms. The summed E-state index contributed by atoms with van der Waals surface area (Å²) < 4.78 is 0. The molecule has 0 atom stereocenters. The van der Waals surface area contributed by atoms with E-state index < -0.39 is 8.41 Å². The van der Waals surface area contributed by atoms with Crippen LogP contribution in [0.4, 0.5) is 0 Å². The first-order valence-corrected chi connectivity index (χ1v) is 16.5. The van der Waals surface area contributed by atoms with Crippen LogP contribution in [-0.4, -0.2) is 8.41 Å². The highest BCUT2D eigenvalue weighted by Crippen LogP contribution is 2.38. The summed E-state index contributed by atoms with van der Waals surface area (Å²) >= 11 is 0. The summed E-state index contributed by atoms with van der Waals surface area (Å²) in [6.45, 7) is 18.6. The molecule has 0 radical (unpaired) electrons.